The van der Waals surface area contributed by atoms with Crippen LogP contribution >= 0.6 is 11.6 Å². The smallest absolute Gasteiger partial charge is 0.286 e. The van der Waals surface area contributed by atoms with Crippen LogP contribution in [-0.4, -0.2) is 58.0 Å². The van der Waals surface area contributed by atoms with Crippen molar-refractivity contribution in [3.8, 4) is 16.9 Å². The Morgan fingerprint density at radius 3 is 2.53 bits per heavy atom. The molecule has 0 radical (unpaired) electrons. The summed E-state index contributed by atoms with van der Waals surface area (Å²) in [5.74, 6) is -1.71. The molecule has 0 bridgehead atoms. The van der Waals surface area contributed by atoms with Gasteiger partial charge < -0.3 is 20.6 Å². The molecule has 0 unspecified atom stereocenters. The van der Waals surface area contributed by atoms with Crippen LogP contribution in [0.2, 0.25) is 5.02 Å². The first-order valence-corrected chi connectivity index (χ1v) is 11.5. The van der Waals surface area contributed by atoms with Gasteiger partial charge in [-0.2, -0.15) is 0 Å². The first-order chi connectivity index (χ1) is 17.3. The Morgan fingerprint density at radius 1 is 1.08 bits per heavy atom. The third-order valence-electron chi connectivity index (χ3n) is 6.28. The van der Waals surface area contributed by atoms with Crippen molar-refractivity contribution in [2.24, 2.45) is 5.73 Å². The van der Waals surface area contributed by atoms with Gasteiger partial charge in [-0.05, 0) is 40.6 Å². The molecule has 3 N–H and O–H groups in total. The molecule has 2 heterocycles. The van der Waals surface area contributed by atoms with E-state index in [9.17, 15) is 14.7 Å². The number of aromatic nitrogens is 2. The van der Waals surface area contributed by atoms with Crippen molar-refractivity contribution in [2.75, 3.05) is 31.1 Å². The van der Waals surface area contributed by atoms with E-state index >= 15 is 4.39 Å². The molecule has 0 spiro atoms. The summed E-state index contributed by atoms with van der Waals surface area (Å²) in [5.41, 5.74) is 6.01. The average molecular weight is 506 g/mol. The third-order valence-corrected chi connectivity index (χ3v) is 6.58. The lowest BCUT2D eigenvalue weighted by Crippen LogP contribution is -2.48. The first-order valence-electron chi connectivity index (χ1n) is 11.2. The summed E-state index contributed by atoms with van der Waals surface area (Å²) in [6, 6.07) is 11.6. The van der Waals surface area contributed by atoms with Crippen molar-refractivity contribution >= 4 is 50.9 Å². The van der Waals surface area contributed by atoms with E-state index in [4.69, 9.17) is 17.3 Å². The highest BCUT2D eigenvalue weighted by Gasteiger charge is 2.26. The highest BCUT2D eigenvalue weighted by Crippen LogP contribution is 2.41. The normalized spacial score (nSPS) is 13.8. The number of carbonyl (C=O) groups excluding carboxylic acids is 2. The lowest BCUT2D eigenvalue weighted by molar-refractivity contribution is -0.126. The summed E-state index contributed by atoms with van der Waals surface area (Å²) in [6.07, 6.45) is 1.26. The zero-order valence-electron chi connectivity index (χ0n) is 19.0. The second-order valence-corrected chi connectivity index (χ2v) is 8.81. The fourth-order valence-corrected chi connectivity index (χ4v) is 4.83. The van der Waals surface area contributed by atoms with E-state index in [1.54, 1.807) is 41.3 Å². The maximum Gasteiger partial charge on any atom is 0.286 e. The van der Waals surface area contributed by atoms with E-state index in [0.717, 1.165) is 0 Å². The molecule has 1 saturated heterocycles. The van der Waals surface area contributed by atoms with Gasteiger partial charge in [-0.1, -0.05) is 42.4 Å². The number of nitrogens with zero attached hydrogens (tertiary/aromatic N) is 4. The van der Waals surface area contributed by atoms with Crippen LogP contribution in [0.5, 0.6) is 5.75 Å². The number of fused-ring (bicyclic) bond motifs is 2. The number of hydrogen-bond acceptors (Lipinski definition) is 6. The number of amides is 2. The molecular formula is C26H21ClFN5O3. The lowest BCUT2D eigenvalue weighted by Gasteiger charge is -2.35. The maximum atomic E-state index is 16.2. The van der Waals surface area contributed by atoms with Crippen molar-refractivity contribution in [2.45, 2.75) is 0 Å². The lowest BCUT2D eigenvalue weighted by atomic mass is 9.96. The average Bonchev–Trinajstić information content (AvgIpc) is 2.87. The predicted octanol–water partition coefficient (Wildman–Crippen LogP) is 3.88. The quantitative estimate of drug-likeness (QED) is 0.407. The maximum absolute atomic E-state index is 16.2. The van der Waals surface area contributed by atoms with Gasteiger partial charge >= 0.3 is 0 Å². The molecule has 2 amide bonds. The van der Waals surface area contributed by atoms with Crippen LogP contribution in [0, 0.1) is 5.82 Å². The highest BCUT2D eigenvalue weighted by atomic mass is 35.5. The molecule has 8 nitrogen and oxygen atoms in total. The monoisotopic (exact) mass is 505 g/mol. The number of anilines is 1. The Morgan fingerprint density at radius 2 is 1.83 bits per heavy atom. The van der Waals surface area contributed by atoms with Crippen LogP contribution in [0.1, 0.15) is 10.6 Å². The summed E-state index contributed by atoms with van der Waals surface area (Å²) in [7, 11) is 0. The third kappa shape index (κ3) is 3.97. The number of phenolic OH excluding ortho intramolecular Hbond substituents is 1. The van der Waals surface area contributed by atoms with E-state index in [-0.39, 0.29) is 33.6 Å². The molecule has 182 valence electrons. The Kier molecular flexibility index (Phi) is 5.93. The zero-order chi connectivity index (χ0) is 25.6. The molecule has 5 rings (SSSR count). The van der Waals surface area contributed by atoms with E-state index < -0.39 is 11.7 Å². The Labute approximate surface area is 210 Å². The van der Waals surface area contributed by atoms with Crippen LogP contribution < -0.4 is 10.6 Å². The standard InChI is InChI=1S/C26H21ClFN5O3/c1-2-20(35)32-8-10-33(11-9-32)26-18-13-19(27)21(22(28)23(18)30-25(31-26)24(29)36)17-5-3-4-14-12-15(34)6-7-16(14)17/h2-7,12-13,34H,1,8-11H2,(H2,29,36). The van der Waals surface area contributed by atoms with E-state index in [2.05, 4.69) is 16.5 Å². The van der Waals surface area contributed by atoms with Gasteiger partial charge in [0.25, 0.3) is 5.91 Å². The van der Waals surface area contributed by atoms with Gasteiger partial charge in [0.1, 0.15) is 17.1 Å². The first kappa shape index (κ1) is 23.5. The largest absolute Gasteiger partial charge is 0.508 e. The van der Waals surface area contributed by atoms with Gasteiger partial charge in [-0.25, -0.2) is 14.4 Å². The molecular weight excluding hydrogens is 485 g/mol. The number of phenols is 1. The van der Waals surface area contributed by atoms with Crippen molar-refractivity contribution in [3.63, 3.8) is 0 Å². The number of nitrogens with two attached hydrogens (primary N) is 1. The number of aromatic hydroxyl groups is 1. The summed E-state index contributed by atoms with van der Waals surface area (Å²) in [6.45, 7) is 5.12. The van der Waals surface area contributed by atoms with Crippen LogP contribution in [0.4, 0.5) is 10.2 Å². The molecule has 1 aliphatic heterocycles. The Balaban J connectivity index is 1.69. The SMILES string of the molecule is C=CC(=O)N1CCN(c2nc(C(N)=O)nc3c(F)c(-c4cccc5cc(O)ccc45)c(Cl)cc23)CC1. The molecule has 10 heteroatoms. The fourth-order valence-electron chi connectivity index (χ4n) is 4.53. The van der Waals surface area contributed by atoms with Gasteiger partial charge in [0.2, 0.25) is 11.7 Å². The zero-order valence-corrected chi connectivity index (χ0v) is 19.8. The molecule has 0 aliphatic carbocycles. The van der Waals surface area contributed by atoms with E-state index in [0.29, 0.717) is 53.7 Å². The van der Waals surface area contributed by atoms with Crippen LogP contribution in [0.3, 0.4) is 0 Å². The summed E-state index contributed by atoms with van der Waals surface area (Å²) in [4.78, 5) is 36.0. The van der Waals surface area contributed by atoms with Gasteiger partial charge in [0, 0.05) is 37.1 Å². The number of primary amides is 1. The number of rotatable bonds is 4. The molecule has 1 fully saturated rings. The number of hydrogen-bond donors (Lipinski definition) is 2. The molecule has 36 heavy (non-hydrogen) atoms. The Hall–Kier alpha value is -4.24. The molecule has 4 aromatic rings. The number of carbonyl (C=O) groups is 2. The predicted molar refractivity (Wildman–Crippen MR) is 137 cm³/mol. The number of halogens is 2. The number of benzene rings is 3. The molecule has 1 aromatic heterocycles. The minimum Gasteiger partial charge on any atom is -0.508 e. The van der Waals surface area contributed by atoms with Gasteiger partial charge in [-0.15, -0.1) is 0 Å². The van der Waals surface area contributed by atoms with Crippen molar-refractivity contribution < 1.29 is 19.1 Å². The van der Waals surface area contributed by atoms with E-state index in [1.165, 1.54) is 12.1 Å². The topological polar surface area (TPSA) is 113 Å². The van der Waals surface area contributed by atoms with Crippen LogP contribution in [0.25, 0.3) is 32.8 Å². The highest BCUT2D eigenvalue weighted by molar-refractivity contribution is 6.35. The van der Waals surface area contributed by atoms with Gasteiger partial charge in [-0.3, -0.25) is 9.59 Å². The fraction of sp³-hybridized carbons (Fsp3) is 0.154. The Bertz CT molecular complexity index is 1570. The second-order valence-electron chi connectivity index (χ2n) is 8.41. The van der Waals surface area contributed by atoms with Crippen LogP contribution in [0.15, 0.2) is 55.1 Å². The van der Waals surface area contributed by atoms with Crippen molar-refractivity contribution in [1.82, 2.24) is 14.9 Å². The molecule has 1 aliphatic rings. The summed E-state index contributed by atoms with van der Waals surface area (Å²) >= 11 is 6.65. The van der Waals surface area contributed by atoms with Crippen LogP contribution in [-0.2, 0) is 4.79 Å². The second kappa shape index (κ2) is 9.09. The van der Waals surface area contributed by atoms with Gasteiger partial charge in [0.05, 0.1) is 5.02 Å². The minimum atomic E-state index is -0.893. The minimum absolute atomic E-state index is 0.0862. The molecule has 3 aromatic carbocycles. The molecule has 0 atom stereocenters. The van der Waals surface area contributed by atoms with Crippen molar-refractivity contribution in [3.05, 3.63) is 71.8 Å². The molecule has 0 saturated carbocycles. The van der Waals surface area contributed by atoms with Crippen molar-refractivity contribution in [1.29, 1.82) is 0 Å². The van der Waals surface area contributed by atoms with Gasteiger partial charge in [0.15, 0.2) is 5.82 Å². The number of piperazine rings is 1. The summed E-state index contributed by atoms with van der Waals surface area (Å²) < 4.78 is 16.2. The van der Waals surface area contributed by atoms with E-state index in [1.807, 2.05) is 4.90 Å². The summed E-state index contributed by atoms with van der Waals surface area (Å²) in [5, 5.41) is 11.7.